The molecule has 2 rings (SSSR count). The lowest BCUT2D eigenvalue weighted by atomic mass is 10.3. The van der Waals surface area contributed by atoms with E-state index in [-0.39, 0.29) is 5.82 Å². The molecule has 0 bridgehead atoms. The summed E-state index contributed by atoms with van der Waals surface area (Å²) in [5, 5.41) is 7.17. The van der Waals surface area contributed by atoms with Gasteiger partial charge in [-0.25, -0.2) is 9.07 Å². The number of hydrogen-bond donors (Lipinski definition) is 1. The Morgan fingerprint density at radius 2 is 2.19 bits per heavy atom. The minimum atomic E-state index is -0.339. The first-order valence-electron chi connectivity index (χ1n) is 4.74. The minimum Gasteiger partial charge on any atom is -0.328 e. The predicted molar refractivity (Wildman–Crippen MR) is 65.0 cm³/mol. The molecule has 0 aliphatic rings. The Labute approximate surface area is 97.9 Å². The number of para-hydroxylation sites is 1. The van der Waals surface area contributed by atoms with E-state index in [1.54, 1.807) is 30.6 Å². The van der Waals surface area contributed by atoms with Gasteiger partial charge in [-0.05, 0) is 36.8 Å². The lowest BCUT2D eigenvalue weighted by Gasteiger charge is -2.07. The van der Waals surface area contributed by atoms with E-state index < -0.39 is 0 Å². The SMILES string of the molecule is Cc1cnn(C(=S)Nc2ccccc2F)c1. The standard InChI is InChI=1S/C11H10FN3S/c1-8-6-13-15(7-8)11(16)14-10-5-3-2-4-9(10)12/h2-7H,1H3,(H,14,16). The second kappa shape index (κ2) is 4.40. The number of anilines is 1. The number of nitrogens with zero attached hydrogens (tertiary/aromatic N) is 2. The van der Waals surface area contributed by atoms with Crippen LogP contribution >= 0.6 is 12.2 Å². The molecular weight excluding hydrogens is 225 g/mol. The molecule has 5 heteroatoms. The van der Waals surface area contributed by atoms with Gasteiger partial charge < -0.3 is 5.32 Å². The molecule has 0 saturated carbocycles. The summed E-state index contributed by atoms with van der Waals surface area (Å²) in [4.78, 5) is 0. The number of aromatic nitrogens is 2. The van der Waals surface area contributed by atoms with Crippen molar-refractivity contribution in [1.29, 1.82) is 0 Å². The minimum absolute atomic E-state index is 0.339. The van der Waals surface area contributed by atoms with Gasteiger partial charge in [0.25, 0.3) is 0 Å². The van der Waals surface area contributed by atoms with E-state index in [4.69, 9.17) is 12.2 Å². The normalized spacial score (nSPS) is 10.1. The Morgan fingerprint density at radius 1 is 1.44 bits per heavy atom. The maximum Gasteiger partial charge on any atom is 0.198 e. The van der Waals surface area contributed by atoms with Gasteiger partial charge in [0.15, 0.2) is 5.11 Å². The van der Waals surface area contributed by atoms with E-state index in [1.165, 1.54) is 10.7 Å². The van der Waals surface area contributed by atoms with Crippen LogP contribution in [0.3, 0.4) is 0 Å². The van der Waals surface area contributed by atoms with Crippen molar-refractivity contribution in [2.75, 3.05) is 5.32 Å². The third kappa shape index (κ3) is 2.25. The number of rotatable bonds is 1. The Kier molecular flexibility index (Phi) is 2.96. The van der Waals surface area contributed by atoms with Crippen LogP contribution in [0, 0.1) is 12.7 Å². The van der Waals surface area contributed by atoms with Crippen LogP contribution < -0.4 is 5.32 Å². The van der Waals surface area contributed by atoms with Gasteiger partial charge in [-0.15, -0.1) is 0 Å². The molecule has 1 heterocycles. The average molecular weight is 235 g/mol. The molecule has 2 aromatic rings. The lowest BCUT2D eigenvalue weighted by Crippen LogP contribution is -2.20. The summed E-state index contributed by atoms with van der Waals surface area (Å²) >= 11 is 5.10. The van der Waals surface area contributed by atoms with Crippen LogP contribution in [0.4, 0.5) is 10.1 Å². The summed E-state index contributed by atoms with van der Waals surface area (Å²) in [6, 6.07) is 6.36. The summed E-state index contributed by atoms with van der Waals surface area (Å²) in [5.41, 5.74) is 1.35. The largest absolute Gasteiger partial charge is 0.328 e. The molecule has 3 nitrogen and oxygen atoms in total. The molecule has 0 aliphatic carbocycles. The fraction of sp³-hybridized carbons (Fsp3) is 0.0909. The van der Waals surface area contributed by atoms with Gasteiger partial charge in [0.2, 0.25) is 0 Å². The first kappa shape index (κ1) is 10.8. The van der Waals surface area contributed by atoms with Gasteiger partial charge >= 0.3 is 0 Å². The molecule has 0 aliphatic heterocycles. The molecular formula is C11H10FN3S. The second-order valence-electron chi connectivity index (χ2n) is 3.37. The molecule has 1 aromatic heterocycles. The highest BCUT2D eigenvalue weighted by atomic mass is 32.1. The van der Waals surface area contributed by atoms with Crippen molar-refractivity contribution in [3.8, 4) is 0 Å². The maximum atomic E-state index is 13.3. The van der Waals surface area contributed by atoms with Crippen molar-refractivity contribution in [2.45, 2.75) is 6.92 Å². The quantitative estimate of drug-likeness (QED) is 0.770. The topological polar surface area (TPSA) is 29.9 Å². The van der Waals surface area contributed by atoms with Crippen LogP contribution in [0.2, 0.25) is 0 Å². The van der Waals surface area contributed by atoms with Crippen LogP contribution in [0.1, 0.15) is 5.56 Å². The highest BCUT2D eigenvalue weighted by Gasteiger charge is 2.05. The summed E-state index contributed by atoms with van der Waals surface area (Å²) in [5.74, 6) is -0.339. The van der Waals surface area contributed by atoms with Crippen molar-refractivity contribution in [3.63, 3.8) is 0 Å². The van der Waals surface area contributed by atoms with Crippen molar-refractivity contribution in [3.05, 3.63) is 48.0 Å². The van der Waals surface area contributed by atoms with E-state index in [0.717, 1.165) is 5.56 Å². The number of aryl methyl sites for hydroxylation is 1. The number of hydrogen-bond acceptors (Lipinski definition) is 2. The molecule has 82 valence electrons. The molecule has 0 saturated heterocycles. The molecule has 16 heavy (non-hydrogen) atoms. The summed E-state index contributed by atoms with van der Waals surface area (Å²) in [6.45, 7) is 1.91. The third-order valence-electron chi connectivity index (χ3n) is 2.04. The zero-order valence-corrected chi connectivity index (χ0v) is 9.46. The molecule has 0 spiro atoms. The molecule has 1 aromatic carbocycles. The van der Waals surface area contributed by atoms with E-state index in [9.17, 15) is 4.39 Å². The molecule has 0 fully saturated rings. The van der Waals surface area contributed by atoms with Crippen LogP contribution in [0.5, 0.6) is 0 Å². The number of halogens is 1. The van der Waals surface area contributed by atoms with Gasteiger partial charge in [-0.1, -0.05) is 12.1 Å². The highest BCUT2D eigenvalue weighted by molar-refractivity contribution is 7.80. The Morgan fingerprint density at radius 3 is 2.81 bits per heavy atom. The fourth-order valence-electron chi connectivity index (χ4n) is 1.26. The van der Waals surface area contributed by atoms with Gasteiger partial charge in [0.1, 0.15) is 5.82 Å². The fourth-order valence-corrected chi connectivity index (χ4v) is 1.47. The van der Waals surface area contributed by atoms with Crippen LogP contribution in [-0.4, -0.2) is 14.9 Å². The van der Waals surface area contributed by atoms with Crippen LogP contribution in [0.25, 0.3) is 0 Å². The van der Waals surface area contributed by atoms with E-state index in [0.29, 0.717) is 10.8 Å². The first-order valence-corrected chi connectivity index (χ1v) is 5.15. The highest BCUT2D eigenvalue weighted by Crippen LogP contribution is 2.12. The molecule has 0 radical (unpaired) electrons. The van der Waals surface area contributed by atoms with Gasteiger partial charge in [-0.3, -0.25) is 0 Å². The molecule has 1 N–H and O–H groups in total. The van der Waals surface area contributed by atoms with Crippen molar-refractivity contribution in [2.24, 2.45) is 0 Å². The van der Waals surface area contributed by atoms with E-state index in [2.05, 4.69) is 10.4 Å². The Hall–Kier alpha value is -1.75. The van der Waals surface area contributed by atoms with Gasteiger partial charge in [0, 0.05) is 6.20 Å². The van der Waals surface area contributed by atoms with Gasteiger partial charge in [0.05, 0.1) is 11.9 Å². The third-order valence-corrected chi connectivity index (χ3v) is 2.32. The molecule has 0 amide bonds. The van der Waals surface area contributed by atoms with Crippen LogP contribution in [-0.2, 0) is 0 Å². The van der Waals surface area contributed by atoms with Crippen molar-refractivity contribution < 1.29 is 4.39 Å². The number of thiocarbonyl (C=S) groups is 1. The van der Waals surface area contributed by atoms with Crippen molar-refractivity contribution >= 4 is 23.0 Å². The summed E-state index contributed by atoms with van der Waals surface area (Å²) in [6.07, 6.45) is 3.46. The predicted octanol–water partition coefficient (Wildman–Crippen LogP) is 2.58. The molecule has 0 unspecified atom stereocenters. The van der Waals surface area contributed by atoms with Crippen molar-refractivity contribution in [1.82, 2.24) is 9.78 Å². The summed E-state index contributed by atoms with van der Waals surface area (Å²) in [7, 11) is 0. The van der Waals surface area contributed by atoms with E-state index in [1.807, 2.05) is 6.92 Å². The lowest BCUT2D eigenvalue weighted by molar-refractivity contribution is 0.632. The molecule has 0 atom stereocenters. The second-order valence-corrected chi connectivity index (χ2v) is 3.76. The Bertz CT molecular complexity index is 521. The first-order chi connectivity index (χ1) is 7.66. The maximum absolute atomic E-state index is 13.3. The monoisotopic (exact) mass is 235 g/mol. The smallest absolute Gasteiger partial charge is 0.198 e. The van der Waals surface area contributed by atoms with Crippen LogP contribution in [0.15, 0.2) is 36.7 Å². The Balaban J connectivity index is 2.17. The van der Waals surface area contributed by atoms with Gasteiger partial charge in [-0.2, -0.15) is 5.10 Å². The summed E-state index contributed by atoms with van der Waals surface area (Å²) < 4.78 is 14.8. The average Bonchev–Trinajstić information content (AvgIpc) is 2.68. The zero-order valence-electron chi connectivity index (χ0n) is 8.64. The number of nitrogens with one attached hydrogen (secondary N) is 1. The number of benzene rings is 1. The zero-order chi connectivity index (χ0) is 11.5. The van der Waals surface area contributed by atoms with E-state index >= 15 is 0 Å².